The van der Waals surface area contributed by atoms with Gasteiger partial charge in [0.25, 0.3) is 0 Å². The molecule has 0 N–H and O–H groups in total. The number of fused-ring (bicyclic) bond motifs is 9. The van der Waals surface area contributed by atoms with Crippen LogP contribution in [0, 0.1) is 47.3 Å². The van der Waals surface area contributed by atoms with Crippen molar-refractivity contribution in [1.82, 2.24) is 9.80 Å². The lowest BCUT2D eigenvalue weighted by Crippen LogP contribution is -2.44. The monoisotopic (exact) mass is 274 g/mol. The SMILES string of the molecule is CN(C)CC1C(CN(C)C)C2CC1C1C3C=CC(C3)C21. The second-order valence-electron chi connectivity index (χ2n) is 8.52. The summed E-state index contributed by atoms with van der Waals surface area (Å²) in [7, 11) is 9.04. The van der Waals surface area contributed by atoms with Crippen LogP contribution in [-0.2, 0) is 0 Å². The van der Waals surface area contributed by atoms with Crippen molar-refractivity contribution in [3.8, 4) is 0 Å². The molecule has 0 heterocycles. The van der Waals surface area contributed by atoms with E-state index in [1.165, 1.54) is 19.5 Å². The van der Waals surface area contributed by atoms with Gasteiger partial charge in [-0.25, -0.2) is 0 Å². The van der Waals surface area contributed by atoms with E-state index in [0.717, 1.165) is 47.3 Å². The van der Waals surface area contributed by atoms with Crippen molar-refractivity contribution in [2.24, 2.45) is 47.3 Å². The Bertz CT molecular complexity index is 378. The van der Waals surface area contributed by atoms with E-state index in [2.05, 4.69) is 50.1 Å². The normalized spacial score (nSPS) is 51.7. The Balaban J connectivity index is 1.61. The molecule has 2 nitrogen and oxygen atoms in total. The van der Waals surface area contributed by atoms with Gasteiger partial charge in [0.15, 0.2) is 0 Å². The summed E-state index contributed by atoms with van der Waals surface area (Å²) in [4.78, 5) is 4.87. The first-order valence-corrected chi connectivity index (χ1v) is 8.54. The van der Waals surface area contributed by atoms with Crippen molar-refractivity contribution in [3.05, 3.63) is 12.2 Å². The zero-order valence-electron chi connectivity index (χ0n) is 13.5. The quantitative estimate of drug-likeness (QED) is 0.574. The van der Waals surface area contributed by atoms with Crippen LogP contribution < -0.4 is 0 Å². The maximum absolute atomic E-state index is 2.57. The van der Waals surface area contributed by atoms with Gasteiger partial charge in [0.1, 0.15) is 0 Å². The summed E-state index contributed by atoms with van der Waals surface area (Å²) in [6, 6.07) is 0. The molecule has 4 aliphatic rings. The number of hydrogen-bond donors (Lipinski definition) is 0. The fourth-order valence-corrected chi connectivity index (χ4v) is 6.67. The Kier molecular flexibility index (Phi) is 3.05. The molecule has 20 heavy (non-hydrogen) atoms. The third-order valence-electron chi connectivity index (χ3n) is 6.92. The van der Waals surface area contributed by atoms with Crippen LogP contribution in [0.15, 0.2) is 12.2 Å². The third-order valence-corrected chi connectivity index (χ3v) is 6.92. The second kappa shape index (κ2) is 4.58. The molecule has 4 rings (SSSR count). The molecule has 0 saturated heterocycles. The minimum absolute atomic E-state index is 0.949. The fourth-order valence-electron chi connectivity index (χ4n) is 6.67. The molecule has 0 aliphatic heterocycles. The number of nitrogens with zero attached hydrogens (tertiary/aromatic N) is 2. The van der Waals surface area contributed by atoms with Crippen molar-refractivity contribution in [2.45, 2.75) is 12.8 Å². The largest absolute Gasteiger partial charge is 0.309 e. The van der Waals surface area contributed by atoms with Crippen molar-refractivity contribution in [1.29, 1.82) is 0 Å². The van der Waals surface area contributed by atoms with Crippen LogP contribution in [0.2, 0.25) is 0 Å². The lowest BCUT2D eigenvalue weighted by molar-refractivity contribution is 0.0561. The van der Waals surface area contributed by atoms with Crippen LogP contribution in [0.5, 0.6) is 0 Å². The molecule has 0 amide bonds. The smallest absolute Gasteiger partial charge is 0.000955 e. The topological polar surface area (TPSA) is 6.48 Å². The van der Waals surface area contributed by atoms with E-state index in [-0.39, 0.29) is 0 Å². The maximum Gasteiger partial charge on any atom is 0.000955 e. The summed E-state index contributed by atoms with van der Waals surface area (Å²) >= 11 is 0. The van der Waals surface area contributed by atoms with Gasteiger partial charge in [-0.05, 0) is 88.4 Å². The molecular weight excluding hydrogens is 244 g/mol. The Morgan fingerprint density at radius 2 is 1.20 bits per heavy atom. The first-order chi connectivity index (χ1) is 9.56. The summed E-state index contributed by atoms with van der Waals surface area (Å²) < 4.78 is 0. The molecule has 4 aliphatic carbocycles. The summed E-state index contributed by atoms with van der Waals surface area (Å²) in [5, 5.41) is 0. The van der Waals surface area contributed by atoms with Gasteiger partial charge in [-0.3, -0.25) is 0 Å². The maximum atomic E-state index is 2.57. The molecule has 0 aromatic rings. The van der Waals surface area contributed by atoms with Crippen LogP contribution in [0.1, 0.15) is 12.8 Å². The molecule has 0 aromatic heterocycles. The van der Waals surface area contributed by atoms with E-state index in [0.29, 0.717) is 0 Å². The zero-order valence-corrected chi connectivity index (χ0v) is 13.5. The van der Waals surface area contributed by atoms with Crippen LogP contribution in [0.3, 0.4) is 0 Å². The van der Waals surface area contributed by atoms with Crippen LogP contribution in [-0.4, -0.2) is 51.1 Å². The standard InChI is InChI=1S/C18H30N2/c1-19(2)9-15-13-8-14(16(15)10-20(3)4)18-12-6-5-11(7-12)17(13)18/h5-6,11-18H,7-10H2,1-4H3. The highest BCUT2D eigenvalue weighted by molar-refractivity contribution is 5.22. The predicted molar refractivity (Wildman–Crippen MR) is 83.4 cm³/mol. The van der Waals surface area contributed by atoms with E-state index < -0.39 is 0 Å². The summed E-state index contributed by atoms with van der Waals surface area (Å²) in [5.41, 5.74) is 0. The molecule has 3 fully saturated rings. The average Bonchev–Trinajstić information content (AvgIpc) is 3.06. The lowest BCUT2D eigenvalue weighted by atomic mass is 9.64. The molecule has 8 atom stereocenters. The Morgan fingerprint density at radius 3 is 1.60 bits per heavy atom. The van der Waals surface area contributed by atoms with Gasteiger partial charge >= 0.3 is 0 Å². The molecular formula is C18H30N2. The Labute approximate surface area is 124 Å². The van der Waals surface area contributed by atoms with Gasteiger partial charge < -0.3 is 9.80 Å². The zero-order chi connectivity index (χ0) is 14.0. The van der Waals surface area contributed by atoms with Crippen molar-refractivity contribution in [3.63, 3.8) is 0 Å². The van der Waals surface area contributed by atoms with E-state index >= 15 is 0 Å². The molecule has 112 valence electrons. The summed E-state index contributed by atoms with van der Waals surface area (Å²) in [6.07, 6.45) is 8.17. The first-order valence-electron chi connectivity index (χ1n) is 8.54. The highest BCUT2D eigenvalue weighted by Crippen LogP contribution is 2.68. The molecule has 0 radical (unpaired) electrons. The van der Waals surface area contributed by atoms with E-state index in [1.807, 2.05) is 0 Å². The Hall–Kier alpha value is -0.340. The average molecular weight is 274 g/mol. The molecule has 3 saturated carbocycles. The summed E-state index contributed by atoms with van der Waals surface area (Å²) in [5.74, 6) is 7.96. The van der Waals surface area contributed by atoms with Crippen LogP contribution in [0.4, 0.5) is 0 Å². The fraction of sp³-hybridized carbons (Fsp3) is 0.889. The van der Waals surface area contributed by atoms with Gasteiger partial charge in [-0.15, -0.1) is 0 Å². The minimum atomic E-state index is 0.949. The van der Waals surface area contributed by atoms with Crippen molar-refractivity contribution in [2.75, 3.05) is 41.3 Å². The van der Waals surface area contributed by atoms with Gasteiger partial charge in [0.2, 0.25) is 0 Å². The number of rotatable bonds is 4. The van der Waals surface area contributed by atoms with Gasteiger partial charge in [-0.1, -0.05) is 12.2 Å². The second-order valence-corrected chi connectivity index (χ2v) is 8.52. The molecule has 4 bridgehead atoms. The van der Waals surface area contributed by atoms with Crippen molar-refractivity contribution < 1.29 is 0 Å². The van der Waals surface area contributed by atoms with E-state index in [9.17, 15) is 0 Å². The number of allylic oxidation sites excluding steroid dienone is 2. The van der Waals surface area contributed by atoms with E-state index in [1.54, 1.807) is 6.42 Å². The van der Waals surface area contributed by atoms with Gasteiger partial charge in [-0.2, -0.15) is 0 Å². The molecule has 8 unspecified atom stereocenters. The first kappa shape index (κ1) is 13.3. The molecule has 0 aromatic carbocycles. The summed E-state index contributed by atoms with van der Waals surface area (Å²) in [6.45, 7) is 2.62. The van der Waals surface area contributed by atoms with Gasteiger partial charge in [0, 0.05) is 13.1 Å². The van der Waals surface area contributed by atoms with Crippen LogP contribution in [0.25, 0.3) is 0 Å². The highest BCUT2D eigenvalue weighted by atomic mass is 15.1. The Morgan fingerprint density at radius 1 is 0.750 bits per heavy atom. The van der Waals surface area contributed by atoms with Gasteiger partial charge in [0.05, 0.1) is 0 Å². The van der Waals surface area contributed by atoms with E-state index in [4.69, 9.17) is 0 Å². The third kappa shape index (κ3) is 1.77. The highest BCUT2D eigenvalue weighted by Gasteiger charge is 2.64. The molecule has 0 spiro atoms. The number of hydrogen-bond acceptors (Lipinski definition) is 2. The molecule has 2 heteroatoms. The lowest BCUT2D eigenvalue weighted by Gasteiger charge is -2.43. The van der Waals surface area contributed by atoms with Crippen LogP contribution >= 0.6 is 0 Å². The minimum Gasteiger partial charge on any atom is -0.309 e. The predicted octanol–water partition coefficient (Wildman–Crippen LogP) is 2.43. The van der Waals surface area contributed by atoms with Crippen molar-refractivity contribution >= 4 is 0 Å².